The molecule has 0 aromatic carbocycles. The predicted octanol–water partition coefficient (Wildman–Crippen LogP) is 1.83. The van der Waals surface area contributed by atoms with Crippen molar-refractivity contribution in [3.05, 3.63) is 24.3 Å². The van der Waals surface area contributed by atoms with E-state index in [4.69, 9.17) is 14.7 Å². The monoisotopic (exact) mass is 164 g/mol. The lowest BCUT2D eigenvalue weighted by atomic mass is 10.2. The van der Waals surface area contributed by atoms with Crippen LogP contribution in [0, 0.1) is 6.92 Å². The van der Waals surface area contributed by atoms with Gasteiger partial charge in [-0.3, -0.25) is 0 Å². The number of anilines is 1. The third-order valence-electron chi connectivity index (χ3n) is 1.70. The van der Waals surface area contributed by atoms with E-state index in [0.717, 1.165) is 11.3 Å². The lowest BCUT2D eigenvalue weighted by Gasteiger charge is -1.92. The van der Waals surface area contributed by atoms with E-state index in [1.165, 1.54) is 6.20 Å². The van der Waals surface area contributed by atoms with Gasteiger partial charge in [-0.25, -0.2) is 0 Å². The van der Waals surface area contributed by atoms with Gasteiger partial charge in [0, 0.05) is 0 Å². The molecule has 0 unspecified atom stereocenters. The fraction of sp³-hybridized carbons (Fsp3) is 0.125. The maximum Gasteiger partial charge on any atom is 0.193 e. The highest BCUT2D eigenvalue weighted by Gasteiger charge is 2.11. The zero-order valence-electron chi connectivity index (χ0n) is 6.57. The Kier molecular flexibility index (Phi) is 1.40. The largest absolute Gasteiger partial charge is 0.469 e. The van der Waals surface area contributed by atoms with Gasteiger partial charge in [-0.15, -0.1) is 0 Å². The number of aryl methyl sites for hydroxylation is 1. The minimum absolute atomic E-state index is 0.527. The maximum atomic E-state index is 5.60. The Morgan fingerprint density at radius 2 is 2.33 bits per heavy atom. The van der Waals surface area contributed by atoms with Gasteiger partial charge < -0.3 is 14.7 Å². The molecule has 0 radical (unpaired) electrons. The van der Waals surface area contributed by atoms with Crippen LogP contribution in [0.15, 0.2) is 27.5 Å². The van der Waals surface area contributed by atoms with Crippen LogP contribution in [0.5, 0.6) is 0 Å². The summed E-state index contributed by atoms with van der Waals surface area (Å²) in [6, 6.07) is 1.80. The fourth-order valence-electron chi connectivity index (χ4n) is 1.07. The molecule has 0 aliphatic carbocycles. The fourth-order valence-corrected chi connectivity index (χ4v) is 1.07. The second-order valence-electron chi connectivity index (χ2n) is 2.50. The average Bonchev–Trinajstić information content (AvgIpc) is 2.59. The van der Waals surface area contributed by atoms with Gasteiger partial charge >= 0.3 is 0 Å². The van der Waals surface area contributed by atoms with E-state index in [2.05, 4.69) is 5.16 Å². The number of nitrogens with two attached hydrogens (primary N) is 1. The highest BCUT2D eigenvalue weighted by atomic mass is 16.5. The molecule has 0 atom stereocenters. The summed E-state index contributed by atoms with van der Waals surface area (Å²) in [5.74, 6) is 1.35. The van der Waals surface area contributed by atoms with E-state index in [1.54, 1.807) is 12.3 Å². The average molecular weight is 164 g/mol. The summed E-state index contributed by atoms with van der Waals surface area (Å²) in [5, 5.41) is 3.58. The standard InChI is InChI=1S/C8H8N2O2/c1-5-6(2-3-11-5)8-7(9)4-10-12-8/h2-4H,9H2,1H3. The van der Waals surface area contributed by atoms with E-state index in [1.807, 2.05) is 6.92 Å². The first-order valence-electron chi connectivity index (χ1n) is 3.53. The van der Waals surface area contributed by atoms with Crippen LogP contribution in [-0.2, 0) is 0 Å². The zero-order valence-corrected chi connectivity index (χ0v) is 6.57. The first kappa shape index (κ1) is 6.97. The van der Waals surface area contributed by atoms with E-state index in [-0.39, 0.29) is 0 Å². The highest BCUT2D eigenvalue weighted by molar-refractivity contribution is 5.70. The molecule has 0 saturated heterocycles. The predicted molar refractivity (Wildman–Crippen MR) is 43.4 cm³/mol. The Morgan fingerprint density at radius 1 is 1.50 bits per heavy atom. The van der Waals surface area contributed by atoms with Crippen molar-refractivity contribution in [2.75, 3.05) is 5.73 Å². The number of hydrogen-bond donors (Lipinski definition) is 1. The third-order valence-corrected chi connectivity index (χ3v) is 1.70. The van der Waals surface area contributed by atoms with Crippen LogP contribution < -0.4 is 5.73 Å². The number of furan rings is 1. The first-order valence-corrected chi connectivity index (χ1v) is 3.53. The molecule has 0 aliphatic rings. The molecular weight excluding hydrogens is 156 g/mol. The molecule has 62 valence electrons. The Bertz CT molecular complexity index is 351. The van der Waals surface area contributed by atoms with Crippen LogP contribution >= 0.6 is 0 Å². The van der Waals surface area contributed by atoms with Gasteiger partial charge in [-0.2, -0.15) is 0 Å². The van der Waals surface area contributed by atoms with Gasteiger partial charge in [0.2, 0.25) is 0 Å². The van der Waals surface area contributed by atoms with E-state index in [9.17, 15) is 0 Å². The molecule has 2 N–H and O–H groups in total. The SMILES string of the molecule is Cc1occc1-c1oncc1N. The van der Waals surface area contributed by atoms with Gasteiger partial charge in [0.15, 0.2) is 5.76 Å². The maximum absolute atomic E-state index is 5.60. The molecular formula is C8H8N2O2. The Labute approximate surface area is 69.0 Å². The van der Waals surface area contributed by atoms with Crippen LogP contribution in [0.4, 0.5) is 5.69 Å². The molecule has 0 spiro atoms. The molecule has 2 aromatic rings. The Hall–Kier alpha value is -1.71. The van der Waals surface area contributed by atoms with Gasteiger partial charge in [0.1, 0.15) is 11.4 Å². The summed E-state index contributed by atoms with van der Waals surface area (Å²) in [5.41, 5.74) is 6.98. The lowest BCUT2D eigenvalue weighted by molar-refractivity contribution is 0.431. The summed E-state index contributed by atoms with van der Waals surface area (Å²) in [6.07, 6.45) is 3.06. The van der Waals surface area contributed by atoms with Crippen LogP contribution in [0.25, 0.3) is 11.3 Å². The highest BCUT2D eigenvalue weighted by Crippen LogP contribution is 2.28. The Balaban J connectivity index is 2.57. The van der Waals surface area contributed by atoms with Crippen molar-refractivity contribution in [3.8, 4) is 11.3 Å². The lowest BCUT2D eigenvalue weighted by Crippen LogP contribution is -1.84. The number of aromatic nitrogens is 1. The summed E-state index contributed by atoms with van der Waals surface area (Å²) in [4.78, 5) is 0. The third kappa shape index (κ3) is 0.887. The van der Waals surface area contributed by atoms with Gasteiger partial charge in [0.05, 0.1) is 18.0 Å². The van der Waals surface area contributed by atoms with Crippen molar-refractivity contribution in [2.24, 2.45) is 0 Å². The van der Waals surface area contributed by atoms with Crippen molar-refractivity contribution in [1.82, 2.24) is 5.16 Å². The summed E-state index contributed by atoms with van der Waals surface area (Å²) in [7, 11) is 0. The Morgan fingerprint density at radius 3 is 2.83 bits per heavy atom. The summed E-state index contributed by atoms with van der Waals surface area (Å²) >= 11 is 0. The summed E-state index contributed by atoms with van der Waals surface area (Å²) < 4.78 is 10.1. The molecule has 0 aliphatic heterocycles. The van der Waals surface area contributed by atoms with Crippen molar-refractivity contribution in [3.63, 3.8) is 0 Å². The molecule has 0 bridgehead atoms. The minimum atomic E-state index is 0.527. The van der Waals surface area contributed by atoms with Gasteiger partial charge in [0.25, 0.3) is 0 Å². The molecule has 0 saturated carbocycles. The van der Waals surface area contributed by atoms with Crippen LogP contribution in [0.3, 0.4) is 0 Å². The molecule has 2 rings (SSSR count). The van der Waals surface area contributed by atoms with E-state index < -0.39 is 0 Å². The molecule has 0 fully saturated rings. The van der Waals surface area contributed by atoms with E-state index in [0.29, 0.717) is 11.4 Å². The number of nitrogen functional groups attached to an aromatic ring is 1. The van der Waals surface area contributed by atoms with Crippen molar-refractivity contribution in [1.29, 1.82) is 0 Å². The van der Waals surface area contributed by atoms with Gasteiger partial charge in [-0.1, -0.05) is 5.16 Å². The molecule has 0 amide bonds. The topological polar surface area (TPSA) is 65.2 Å². The molecule has 12 heavy (non-hydrogen) atoms. The number of hydrogen-bond acceptors (Lipinski definition) is 4. The smallest absolute Gasteiger partial charge is 0.193 e. The molecule has 4 nitrogen and oxygen atoms in total. The van der Waals surface area contributed by atoms with Crippen LogP contribution in [0.2, 0.25) is 0 Å². The molecule has 2 aromatic heterocycles. The second-order valence-corrected chi connectivity index (χ2v) is 2.50. The second kappa shape index (κ2) is 2.41. The van der Waals surface area contributed by atoms with Crippen LogP contribution in [0.1, 0.15) is 5.76 Å². The van der Waals surface area contributed by atoms with E-state index >= 15 is 0 Å². The van der Waals surface area contributed by atoms with Crippen LogP contribution in [-0.4, -0.2) is 5.16 Å². The zero-order chi connectivity index (χ0) is 8.55. The summed E-state index contributed by atoms with van der Waals surface area (Å²) in [6.45, 7) is 1.84. The van der Waals surface area contributed by atoms with Crippen molar-refractivity contribution < 1.29 is 8.94 Å². The van der Waals surface area contributed by atoms with Crippen molar-refractivity contribution >= 4 is 5.69 Å². The molecule has 4 heteroatoms. The quantitative estimate of drug-likeness (QED) is 0.698. The normalized spacial score (nSPS) is 10.4. The number of rotatable bonds is 1. The minimum Gasteiger partial charge on any atom is -0.469 e. The molecule has 2 heterocycles. The van der Waals surface area contributed by atoms with Gasteiger partial charge in [-0.05, 0) is 13.0 Å². The van der Waals surface area contributed by atoms with Crippen molar-refractivity contribution in [2.45, 2.75) is 6.92 Å². The number of nitrogens with zero attached hydrogens (tertiary/aromatic N) is 1. The first-order chi connectivity index (χ1) is 5.79.